The van der Waals surface area contributed by atoms with Gasteiger partial charge in [0.1, 0.15) is 17.2 Å². The number of rotatable bonds is 5. The van der Waals surface area contributed by atoms with Crippen LogP contribution in [-0.4, -0.2) is 33.0 Å². The number of benzene rings is 2. The first-order valence-electron chi connectivity index (χ1n) is 10.7. The summed E-state index contributed by atoms with van der Waals surface area (Å²) in [5.74, 6) is 1.69. The predicted octanol–water partition coefficient (Wildman–Crippen LogP) is 4.88. The summed E-state index contributed by atoms with van der Waals surface area (Å²) < 4.78 is 16.2. The molecule has 6 heteroatoms. The van der Waals surface area contributed by atoms with E-state index in [4.69, 9.17) is 14.2 Å². The van der Waals surface area contributed by atoms with Crippen molar-refractivity contribution in [1.82, 2.24) is 0 Å². The zero-order chi connectivity index (χ0) is 23.0. The predicted molar refractivity (Wildman–Crippen MR) is 122 cm³/mol. The van der Waals surface area contributed by atoms with Crippen molar-refractivity contribution < 1.29 is 23.8 Å². The average Bonchev–Trinajstić information content (AvgIpc) is 2.77. The summed E-state index contributed by atoms with van der Waals surface area (Å²) in [6.45, 7) is 4.14. The number of carbonyl (C=O) groups excluding carboxylic acids is 2. The quantitative estimate of drug-likeness (QED) is 0.670. The molecule has 2 aliphatic rings. The number of anilines is 1. The van der Waals surface area contributed by atoms with Gasteiger partial charge in [-0.3, -0.25) is 14.5 Å². The molecule has 0 bridgehead atoms. The smallest absolute Gasteiger partial charge is 0.232 e. The lowest BCUT2D eigenvalue weighted by Gasteiger charge is -2.43. The number of hydrogen-bond donors (Lipinski definition) is 0. The molecular weight excluding hydrogens is 406 g/mol. The van der Waals surface area contributed by atoms with Crippen molar-refractivity contribution in [2.45, 2.75) is 39.0 Å². The fourth-order valence-electron chi connectivity index (χ4n) is 4.82. The molecule has 1 amide bonds. The van der Waals surface area contributed by atoms with E-state index in [2.05, 4.69) is 13.8 Å². The van der Waals surface area contributed by atoms with E-state index in [1.165, 1.54) is 0 Å². The molecule has 2 aromatic rings. The van der Waals surface area contributed by atoms with Crippen LogP contribution in [0.15, 0.2) is 53.7 Å². The number of allylic oxidation sites excluding steroid dienone is 2. The van der Waals surface area contributed by atoms with Gasteiger partial charge in [0.15, 0.2) is 5.78 Å². The molecule has 0 saturated carbocycles. The molecule has 0 saturated heterocycles. The molecule has 32 heavy (non-hydrogen) atoms. The normalized spacial score (nSPS) is 20.2. The zero-order valence-corrected chi connectivity index (χ0v) is 19.2. The van der Waals surface area contributed by atoms with Gasteiger partial charge >= 0.3 is 0 Å². The topological polar surface area (TPSA) is 65.1 Å². The lowest BCUT2D eigenvalue weighted by atomic mass is 9.69. The van der Waals surface area contributed by atoms with Crippen LogP contribution in [0.2, 0.25) is 0 Å². The van der Waals surface area contributed by atoms with Crippen LogP contribution in [0.4, 0.5) is 5.69 Å². The van der Waals surface area contributed by atoms with Crippen LogP contribution in [0.3, 0.4) is 0 Å². The number of hydrogen-bond acceptors (Lipinski definition) is 5. The Morgan fingerprint density at radius 1 is 0.875 bits per heavy atom. The van der Waals surface area contributed by atoms with Gasteiger partial charge in [-0.1, -0.05) is 19.9 Å². The highest BCUT2D eigenvalue weighted by atomic mass is 16.5. The molecule has 0 N–H and O–H groups in total. The molecule has 1 aliphatic carbocycles. The minimum absolute atomic E-state index is 0.0395. The number of ether oxygens (including phenoxy) is 3. The Labute approximate surface area is 188 Å². The van der Waals surface area contributed by atoms with E-state index in [1.54, 1.807) is 32.3 Å². The molecule has 0 fully saturated rings. The average molecular weight is 436 g/mol. The van der Waals surface area contributed by atoms with Gasteiger partial charge in [-0.15, -0.1) is 0 Å². The number of ketones is 1. The van der Waals surface area contributed by atoms with Crippen molar-refractivity contribution in [2.75, 3.05) is 26.2 Å². The summed E-state index contributed by atoms with van der Waals surface area (Å²) in [5.41, 5.74) is 2.84. The van der Waals surface area contributed by atoms with Crippen LogP contribution in [0.1, 0.15) is 44.6 Å². The summed E-state index contributed by atoms with van der Waals surface area (Å²) >= 11 is 0. The molecule has 6 nitrogen and oxygen atoms in total. The van der Waals surface area contributed by atoms with E-state index in [0.717, 1.165) is 16.9 Å². The van der Waals surface area contributed by atoms with Crippen LogP contribution in [0, 0.1) is 5.41 Å². The van der Waals surface area contributed by atoms with Gasteiger partial charge in [0.05, 0.1) is 21.3 Å². The van der Waals surface area contributed by atoms with Crippen LogP contribution in [-0.2, 0) is 9.59 Å². The Balaban J connectivity index is 1.88. The molecule has 1 unspecified atom stereocenters. The summed E-state index contributed by atoms with van der Waals surface area (Å²) in [6.07, 6.45) is 1.28. The Hall–Kier alpha value is -3.28. The molecule has 1 atom stereocenters. The Kier molecular flexibility index (Phi) is 5.71. The molecular formula is C26H29NO5. The van der Waals surface area contributed by atoms with Crippen molar-refractivity contribution in [3.8, 4) is 17.2 Å². The van der Waals surface area contributed by atoms with E-state index in [0.29, 0.717) is 35.7 Å². The van der Waals surface area contributed by atoms with Gasteiger partial charge in [0, 0.05) is 47.3 Å². The summed E-state index contributed by atoms with van der Waals surface area (Å²) in [4.78, 5) is 28.7. The fraction of sp³-hybridized carbons (Fsp3) is 0.385. The first kappa shape index (κ1) is 21.9. The molecule has 0 radical (unpaired) electrons. The monoisotopic (exact) mass is 435 g/mol. The van der Waals surface area contributed by atoms with Gasteiger partial charge in [-0.25, -0.2) is 0 Å². The number of carbonyl (C=O) groups is 2. The van der Waals surface area contributed by atoms with Crippen molar-refractivity contribution in [3.63, 3.8) is 0 Å². The summed E-state index contributed by atoms with van der Waals surface area (Å²) in [6, 6.07) is 12.9. The van der Waals surface area contributed by atoms with Gasteiger partial charge in [-0.05, 0) is 42.2 Å². The third-order valence-electron chi connectivity index (χ3n) is 6.29. The van der Waals surface area contributed by atoms with Crippen LogP contribution >= 0.6 is 0 Å². The second-order valence-electron chi connectivity index (χ2n) is 9.09. The highest BCUT2D eigenvalue weighted by Crippen LogP contribution is 2.49. The van der Waals surface area contributed by atoms with E-state index in [-0.39, 0.29) is 29.4 Å². The largest absolute Gasteiger partial charge is 0.497 e. The summed E-state index contributed by atoms with van der Waals surface area (Å²) in [5, 5.41) is 0. The highest BCUT2D eigenvalue weighted by molar-refractivity contribution is 6.08. The lowest BCUT2D eigenvalue weighted by Crippen LogP contribution is -2.43. The standard InChI is InChI=1S/C26H29NO5/c1-26(2)14-21-25(22(28)15-26)20(19-11-10-18(31-4)12-23(19)32-5)13-24(29)27(21)16-6-8-17(30-3)9-7-16/h6-12,20H,13-15H2,1-5H3. The molecule has 1 heterocycles. The fourth-order valence-corrected chi connectivity index (χ4v) is 4.82. The third kappa shape index (κ3) is 3.85. The van der Waals surface area contributed by atoms with Crippen molar-refractivity contribution in [3.05, 3.63) is 59.3 Å². The molecule has 0 aromatic heterocycles. The number of amides is 1. The highest BCUT2D eigenvalue weighted by Gasteiger charge is 2.45. The van der Waals surface area contributed by atoms with Crippen molar-refractivity contribution in [2.24, 2.45) is 5.41 Å². The molecule has 0 spiro atoms. The third-order valence-corrected chi connectivity index (χ3v) is 6.29. The van der Waals surface area contributed by atoms with Gasteiger partial charge in [0.2, 0.25) is 5.91 Å². The first-order chi connectivity index (χ1) is 15.3. The second-order valence-corrected chi connectivity index (χ2v) is 9.09. The SMILES string of the molecule is COc1ccc(N2C(=O)CC(c3ccc(OC)cc3OC)C3=C2CC(C)(C)CC3=O)cc1. The maximum absolute atomic E-state index is 13.5. The van der Waals surface area contributed by atoms with Crippen molar-refractivity contribution in [1.29, 1.82) is 0 Å². The van der Waals surface area contributed by atoms with Gasteiger partial charge < -0.3 is 14.2 Å². The minimum atomic E-state index is -0.351. The van der Waals surface area contributed by atoms with E-state index in [9.17, 15) is 9.59 Å². The Morgan fingerprint density at radius 2 is 1.53 bits per heavy atom. The molecule has 168 valence electrons. The summed E-state index contributed by atoms with van der Waals surface area (Å²) in [7, 11) is 4.79. The number of methoxy groups -OCH3 is 3. The van der Waals surface area contributed by atoms with Crippen molar-refractivity contribution >= 4 is 17.4 Å². The molecule has 1 aliphatic heterocycles. The Morgan fingerprint density at radius 3 is 2.16 bits per heavy atom. The van der Waals surface area contributed by atoms with Gasteiger partial charge in [-0.2, -0.15) is 0 Å². The van der Waals surface area contributed by atoms with Gasteiger partial charge in [0.25, 0.3) is 0 Å². The number of Topliss-reactive ketones (excluding diaryl/α,β-unsaturated/α-hetero) is 1. The van der Waals surface area contributed by atoms with E-state index >= 15 is 0 Å². The lowest BCUT2D eigenvalue weighted by molar-refractivity contribution is -0.121. The van der Waals surface area contributed by atoms with E-state index in [1.807, 2.05) is 36.4 Å². The van der Waals surface area contributed by atoms with Crippen LogP contribution in [0.5, 0.6) is 17.2 Å². The second kappa shape index (κ2) is 8.34. The van der Waals surface area contributed by atoms with Crippen LogP contribution in [0.25, 0.3) is 0 Å². The number of nitrogens with zero attached hydrogens (tertiary/aromatic N) is 1. The molecule has 2 aromatic carbocycles. The zero-order valence-electron chi connectivity index (χ0n) is 19.2. The first-order valence-corrected chi connectivity index (χ1v) is 10.7. The molecule has 4 rings (SSSR count). The maximum Gasteiger partial charge on any atom is 0.232 e. The maximum atomic E-state index is 13.5. The van der Waals surface area contributed by atoms with E-state index < -0.39 is 0 Å². The minimum Gasteiger partial charge on any atom is -0.497 e. The Bertz CT molecular complexity index is 1080. The van der Waals surface area contributed by atoms with Crippen LogP contribution < -0.4 is 19.1 Å².